The standard InChI is InChI=1S/C18H17N5O2S2/c1-3-25-14-7-5-4-6-13(14)16-21-22-18(23(16)2)27-11-15(24)20-17-12(10-19)8-9-26-17/h4-9H,3,11H2,1-2H3,(H,20,24). The lowest BCUT2D eigenvalue weighted by molar-refractivity contribution is -0.113. The van der Waals surface area contributed by atoms with Crippen LogP contribution in [0.25, 0.3) is 11.4 Å². The first-order chi connectivity index (χ1) is 13.1. The van der Waals surface area contributed by atoms with Crippen LogP contribution in [0.2, 0.25) is 0 Å². The molecule has 27 heavy (non-hydrogen) atoms. The second-order valence-corrected chi connectivity index (χ2v) is 7.27. The second-order valence-electron chi connectivity index (χ2n) is 5.41. The van der Waals surface area contributed by atoms with Gasteiger partial charge in [-0.05, 0) is 30.5 Å². The number of carbonyl (C=O) groups is 1. The molecule has 1 amide bonds. The molecule has 0 bridgehead atoms. The minimum atomic E-state index is -0.196. The summed E-state index contributed by atoms with van der Waals surface area (Å²) in [6.45, 7) is 2.49. The van der Waals surface area contributed by atoms with E-state index >= 15 is 0 Å². The lowest BCUT2D eigenvalue weighted by atomic mass is 10.2. The molecule has 0 atom stereocenters. The number of amides is 1. The van der Waals surface area contributed by atoms with E-state index in [1.807, 2.05) is 42.8 Å². The zero-order chi connectivity index (χ0) is 19.2. The molecule has 0 aliphatic rings. The number of thiophene rings is 1. The number of aromatic nitrogens is 3. The monoisotopic (exact) mass is 399 g/mol. The van der Waals surface area contributed by atoms with Crippen LogP contribution in [0.5, 0.6) is 5.75 Å². The van der Waals surface area contributed by atoms with E-state index in [1.54, 1.807) is 11.4 Å². The molecule has 0 aliphatic carbocycles. The van der Waals surface area contributed by atoms with Crippen molar-refractivity contribution in [2.75, 3.05) is 17.7 Å². The van der Waals surface area contributed by atoms with Crippen LogP contribution in [0.3, 0.4) is 0 Å². The number of rotatable bonds is 7. The van der Waals surface area contributed by atoms with Gasteiger partial charge in [0.05, 0.1) is 23.5 Å². The SMILES string of the molecule is CCOc1ccccc1-c1nnc(SCC(=O)Nc2sccc2C#N)n1C. The maximum atomic E-state index is 12.2. The Labute approximate surface area is 165 Å². The van der Waals surface area contributed by atoms with Gasteiger partial charge in [-0.1, -0.05) is 23.9 Å². The Bertz CT molecular complexity index is 990. The molecule has 0 saturated carbocycles. The van der Waals surface area contributed by atoms with Gasteiger partial charge in [-0.15, -0.1) is 21.5 Å². The first kappa shape index (κ1) is 18.9. The van der Waals surface area contributed by atoms with Crippen molar-refractivity contribution in [3.8, 4) is 23.2 Å². The molecule has 0 spiro atoms. The number of ether oxygens (including phenoxy) is 1. The minimum absolute atomic E-state index is 0.169. The van der Waals surface area contributed by atoms with Gasteiger partial charge < -0.3 is 14.6 Å². The summed E-state index contributed by atoms with van der Waals surface area (Å²) in [5.74, 6) is 1.39. The van der Waals surface area contributed by atoms with E-state index in [4.69, 9.17) is 10.00 Å². The molecule has 2 heterocycles. The van der Waals surface area contributed by atoms with Crippen LogP contribution in [-0.4, -0.2) is 33.0 Å². The smallest absolute Gasteiger partial charge is 0.235 e. The number of nitrogens with one attached hydrogen (secondary N) is 1. The number of hydrogen-bond donors (Lipinski definition) is 1. The Kier molecular flexibility index (Phi) is 6.11. The summed E-state index contributed by atoms with van der Waals surface area (Å²) in [7, 11) is 1.85. The van der Waals surface area contributed by atoms with Crippen molar-refractivity contribution in [3.05, 3.63) is 41.3 Å². The van der Waals surface area contributed by atoms with Crippen LogP contribution in [-0.2, 0) is 11.8 Å². The highest BCUT2D eigenvalue weighted by Gasteiger charge is 2.16. The number of nitrogens with zero attached hydrogens (tertiary/aromatic N) is 4. The predicted octanol–water partition coefficient (Wildman–Crippen LogP) is 3.54. The maximum absolute atomic E-state index is 12.2. The lowest BCUT2D eigenvalue weighted by Crippen LogP contribution is -2.14. The molecule has 3 rings (SSSR count). The van der Waals surface area contributed by atoms with E-state index in [-0.39, 0.29) is 11.7 Å². The number of thioether (sulfide) groups is 1. The van der Waals surface area contributed by atoms with Crippen molar-refractivity contribution in [2.24, 2.45) is 7.05 Å². The van der Waals surface area contributed by atoms with Gasteiger partial charge in [0.1, 0.15) is 16.8 Å². The molecule has 0 saturated heterocycles. The molecular weight excluding hydrogens is 382 g/mol. The quantitative estimate of drug-likeness (QED) is 0.611. The van der Waals surface area contributed by atoms with Crippen molar-refractivity contribution in [1.29, 1.82) is 5.26 Å². The fourth-order valence-electron chi connectivity index (χ4n) is 2.39. The Morgan fingerprint density at radius 1 is 1.37 bits per heavy atom. The lowest BCUT2D eigenvalue weighted by Gasteiger charge is -2.09. The van der Waals surface area contributed by atoms with E-state index in [1.165, 1.54) is 23.1 Å². The number of benzene rings is 1. The topological polar surface area (TPSA) is 92.8 Å². The van der Waals surface area contributed by atoms with Crippen molar-refractivity contribution < 1.29 is 9.53 Å². The third-order valence-electron chi connectivity index (χ3n) is 3.63. The van der Waals surface area contributed by atoms with Gasteiger partial charge in [-0.3, -0.25) is 4.79 Å². The molecule has 7 nitrogen and oxygen atoms in total. The molecule has 0 unspecified atom stereocenters. The van der Waals surface area contributed by atoms with Crippen LogP contribution >= 0.6 is 23.1 Å². The van der Waals surface area contributed by atoms with E-state index in [0.717, 1.165) is 11.3 Å². The summed E-state index contributed by atoms with van der Waals surface area (Å²) in [5, 5.41) is 23.2. The first-order valence-electron chi connectivity index (χ1n) is 8.15. The Morgan fingerprint density at radius 3 is 2.96 bits per heavy atom. The molecule has 1 aromatic carbocycles. The number of carbonyl (C=O) groups excluding carboxylic acids is 1. The van der Waals surface area contributed by atoms with E-state index in [9.17, 15) is 4.79 Å². The van der Waals surface area contributed by atoms with Crippen LogP contribution in [0.15, 0.2) is 40.9 Å². The fraction of sp³-hybridized carbons (Fsp3) is 0.222. The van der Waals surface area contributed by atoms with Gasteiger partial charge in [0.2, 0.25) is 5.91 Å². The van der Waals surface area contributed by atoms with Crippen LogP contribution in [0.1, 0.15) is 12.5 Å². The van der Waals surface area contributed by atoms with Crippen LogP contribution in [0.4, 0.5) is 5.00 Å². The van der Waals surface area contributed by atoms with Gasteiger partial charge >= 0.3 is 0 Å². The molecule has 2 aromatic heterocycles. The Balaban J connectivity index is 1.69. The summed E-state index contributed by atoms with van der Waals surface area (Å²) < 4.78 is 7.49. The number of para-hydroxylation sites is 1. The highest BCUT2D eigenvalue weighted by Crippen LogP contribution is 2.30. The molecule has 0 radical (unpaired) electrons. The summed E-state index contributed by atoms with van der Waals surface area (Å²) in [6, 6.07) is 11.4. The molecular formula is C18H17N5O2S2. The molecule has 0 aliphatic heterocycles. The van der Waals surface area contributed by atoms with Crippen molar-refractivity contribution >= 4 is 34.0 Å². The minimum Gasteiger partial charge on any atom is -0.493 e. The number of anilines is 1. The summed E-state index contributed by atoms with van der Waals surface area (Å²) in [5.41, 5.74) is 1.31. The van der Waals surface area contributed by atoms with Crippen molar-refractivity contribution in [1.82, 2.24) is 14.8 Å². The van der Waals surface area contributed by atoms with Crippen LogP contribution in [0, 0.1) is 11.3 Å². The highest BCUT2D eigenvalue weighted by molar-refractivity contribution is 7.99. The molecule has 0 fully saturated rings. The Morgan fingerprint density at radius 2 is 2.19 bits per heavy atom. The largest absolute Gasteiger partial charge is 0.493 e. The fourth-order valence-corrected chi connectivity index (χ4v) is 3.86. The van der Waals surface area contributed by atoms with Crippen molar-refractivity contribution in [3.63, 3.8) is 0 Å². The molecule has 138 valence electrons. The molecule has 1 N–H and O–H groups in total. The third kappa shape index (κ3) is 4.30. The summed E-state index contributed by atoms with van der Waals surface area (Å²) in [4.78, 5) is 12.2. The van der Waals surface area contributed by atoms with Gasteiger partial charge in [0.15, 0.2) is 11.0 Å². The second kappa shape index (κ2) is 8.70. The van der Waals surface area contributed by atoms with E-state index in [2.05, 4.69) is 21.6 Å². The summed E-state index contributed by atoms with van der Waals surface area (Å²) >= 11 is 2.61. The average molecular weight is 400 g/mol. The van der Waals surface area contributed by atoms with Gasteiger partial charge in [-0.2, -0.15) is 5.26 Å². The average Bonchev–Trinajstić information content (AvgIpc) is 3.27. The molecule has 9 heteroatoms. The summed E-state index contributed by atoms with van der Waals surface area (Å²) in [6.07, 6.45) is 0. The van der Waals surface area contributed by atoms with Crippen LogP contribution < -0.4 is 10.1 Å². The third-order valence-corrected chi connectivity index (χ3v) is 5.48. The van der Waals surface area contributed by atoms with Gasteiger partial charge in [0, 0.05) is 7.05 Å². The maximum Gasteiger partial charge on any atom is 0.235 e. The Hall–Kier alpha value is -2.83. The van der Waals surface area contributed by atoms with Gasteiger partial charge in [-0.25, -0.2) is 0 Å². The first-order valence-corrected chi connectivity index (χ1v) is 10.0. The number of nitriles is 1. The number of hydrogen-bond acceptors (Lipinski definition) is 7. The predicted molar refractivity (Wildman–Crippen MR) is 106 cm³/mol. The van der Waals surface area contributed by atoms with Crippen molar-refractivity contribution in [2.45, 2.75) is 12.1 Å². The zero-order valence-corrected chi connectivity index (χ0v) is 16.4. The van der Waals surface area contributed by atoms with E-state index < -0.39 is 0 Å². The van der Waals surface area contributed by atoms with Gasteiger partial charge in [0.25, 0.3) is 0 Å². The molecule has 3 aromatic rings. The van der Waals surface area contributed by atoms with E-state index in [0.29, 0.717) is 28.2 Å². The zero-order valence-electron chi connectivity index (χ0n) is 14.8. The highest BCUT2D eigenvalue weighted by atomic mass is 32.2. The normalized spacial score (nSPS) is 10.4.